The van der Waals surface area contributed by atoms with Crippen molar-refractivity contribution in [2.75, 3.05) is 11.6 Å². The highest BCUT2D eigenvalue weighted by Gasteiger charge is 2.23. The summed E-state index contributed by atoms with van der Waals surface area (Å²) in [4.78, 5) is 26.7. The minimum atomic E-state index is -0.362. The van der Waals surface area contributed by atoms with E-state index in [1.54, 1.807) is 12.3 Å². The summed E-state index contributed by atoms with van der Waals surface area (Å²) in [6.45, 7) is 4.32. The molecule has 2 heterocycles. The molecule has 4 rings (SSSR count). The Hall–Kier alpha value is -2.72. The number of nitrogens with one attached hydrogen (secondary N) is 3. The number of thioether (sulfide) groups is 1. The summed E-state index contributed by atoms with van der Waals surface area (Å²) in [6, 6.07) is 6.71. The number of aromatic nitrogens is 3. The van der Waals surface area contributed by atoms with E-state index in [0.717, 1.165) is 34.1 Å². The predicted octanol–water partition coefficient (Wildman–Crippen LogP) is 4.91. The summed E-state index contributed by atoms with van der Waals surface area (Å²) < 4.78 is 14.0. The molecule has 0 radical (unpaired) electrons. The van der Waals surface area contributed by atoms with E-state index >= 15 is 0 Å². The summed E-state index contributed by atoms with van der Waals surface area (Å²) >= 11 is 2.96. The summed E-state index contributed by atoms with van der Waals surface area (Å²) in [5, 5.41) is 10.4. The first-order valence-corrected chi connectivity index (χ1v) is 12.4. The molecule has 1 aromatic carbocycles. The number of thiazole rings is 1. The highest BCUT2D eigenvalue weighted by atomic mass is 32.2. The van der Waals surface area contributed by atoms with Crippen LogP contribution in [0.2, 0.25) is 0 Å². The lowest BCUT2D eigenvalue weighted by Gasteiger charge is -2.13. The van der Waals surface area contributed by atoms with Crippen molar-refractivity contribution in [2.45, 2.75) is 50.5 Å². The van der Waals surface area contributed by atoms with Gasteiger partial charge in [0, 0.05) is 30.4 Å². The van der Waals surface area contributed by atoms with Gasteiger partial charge in [0.15, 0.2) is 10.3 Å². The molecule has 1 aliphatic rings. The molecule has 7 nitrogen and oxygen atoms in total. The molecule has 3 aromatic rings. The summed E-state index contributed by atoms with van der Waals surface area (Å²) in [5.74, 6) is -0.362. The number of amides is 2. The molecule has 0 saturated heterocycles. The van der Waals surface area contributed by atoms with Gasteiger partial charge in [-0.2, -0.15) is 0 Å². The SMILES string of the molecule is CSc1nc(-c2cnc(NC(C)C)s2)cc(-c2ccc(F)cc2CNC(=O)NC2CC2)n1. The van der Waals surface area contributed by atoms with Crippen LogP contribution in [0.3, 0.4) is 0 Å². The molecule has 0 atom stereocenters. The van der Waals surface area contributed by atoms with Crippen LogP contribution < -0.4 is 16.0 Å². The average molecular weight is 473 g/mol. The highest BCUT2D eigenvalue weighted by molar-refractivity contribution is 7.98. The third-order valence-electron chi connectivity index (χ3n) is 4.75. The van der Waals surface area contributed by atoms with Crippen LogP contribution in [-0.2, 0) is 6.54 Å². The first kappa shape index (κ1) is 22.5. The van der Waals surface area contributed by atoms with Gasteiger partial charge >= 0.3 is 6.03 Å². The van der Waals surface area contributed by atoms with Gasteiger partial charge in [0.05, 0.1) is 16.3 Å². The number of halogens is 1. The first-order valence-electron chi connectivity index (χ1n) is 10.4. The Morgan fingerprint density at radius 2 is 2.03 bits per heavy atom. The van der Waals surface area contributed by atoms with Crippen LogP contribution >= 0.6 is 23.1 Å². The molecule has 1 saturated carbocycles. The number of nitrogens with zero attached hydrogens (tertiary/aromatic N) is 3. The van der Waals surface area contributed by atoms with E-state index in [0.29, 0.717) is 16.4 Å². The van der Waals surface area contributed by atoms with E-state index in [9.17, 15) is 9.18 Å². The van der Waals surface area contributed by atoms with Gasteiger partial charge in [-0.25, -0.2) is 24.1 Å². The second-order valence-electron chi connectivity index (χ2n) is 7.86. The second kappa shape index (κ2) is 9.83. The maximum atomic E-state index is 14.0. The van der Waals surface area contributed by atoms with Crippen molar-refractivity contribution < 1.29 is 9.18 Å². The van der Waals surface area contributed by atoms with Crippen molar-refractivity contribution in [3.63, 3.8) is 0 Å². The smallest absolute Gasteiger partial charge is 0.315 e. The van der Waals surface area contributed by atoms with E-state index in [1.165, 1.54) is 35.2 Å². The second-order valence-corrected chi connectivity index (χ2v) is 9.66. The van der Waals surface area contributed by atoms with Gasteiger partial charge in [0.25, 0.3) is 0 Å². The number of carbonyl (C=O) groups is 1. The van der Waals surface area contributed by atoms with Gasteiger partial charge in [0.2, 0.25) is 0 Å². The van der Waals surface area contributed by atoms with Crippen LogP contribution in [-0.4, -0.2) is 39.3 Å². The Labute approximate surface area is 194 Å². The normalized spacial score (nSPS) is 13.3. The third-order valence-corrected chi connectivity index (χ3v) is 6.25. The lowest BCUT2D eigenvalue weighted by molar-refractivity contribution is 0.240. The fraction of sp³-hybridized carbons (Fsp3) is 0.364. The van der Waals surface area contributed by atoms with Crippen LogP contribution in [0.4, 0.5) is 14.3 Å². The Morgan fingerprint density at radius 1 is 1.25 bits per heavy atom. The topological polar surface area (TPSA) is 91.8 Å². The van der Waals surface area contributed by atoms with Crippen molar-refractivity contribution >= 4 is 34.3 Å². The molecule has 0 spiro atoms. The molecule has 10 heteroatoms. The van der Waals surface area contributed by atoms with Crippen molar-refractivity contribution in [3.8, 4) is 21.8 Å². The fourth-order valence-corrected chi connectivity index (χ4v) is 4.39. The number of benzene rings is 1. The zero-order valence-corrected chi connectivity index (χ0v) is 19.7. The Kier molecular flexibility index (Phi) is 6.90. The van der Waals surface area contributed by atoms with E-state index in [1.807, 2.05) is 12.3 Å². The molecule has 1 fully saturated rings. The van der Waals surface area contributed by atoms with E-state index in [4.69, 9.17) is 0 Å². The van der Waals surface area contributed by atoms with Gasteiger partial charge in [-0.1, -0.05) is 23.1 Å². The molecule has 32 heavy (non-hydrogen) atoms. The van der Waals surface area contributed by atoms with Gasteiger partial charge in [-0.15, -0.1) is 0 Å². The van der Waals surface area contributed by atoms with Crippen molar-refractivity contribution in [3.05, 3.63) is 41.8 Å². The number of urea groups is 1. The molecule has 3 N–H and O–H groups in total. The van der Waals surface area contributed by atoms with Crippen LogP contribution in [0.15, 0.2) is 35.6 Å². The quantitative estimate of drug-likeness (QED) is 0.319. The minimum Gasteiger partial charge on any atom is -0.359 e. The number of hydrogen-bond donors (Lipinski definition) is 3. The minimum absolute atomic E-state index is 0.197. The van der Waals surface area contributed by atoms with Gasteiger partial charge in [-0.05, 0) is 62.8 Å². The summed E-state index contributed by atoms with van der Waals surface area (Å²) in [6.07, 6.45) is 5.72. The molecular formula is C22H25FN6OS2. The van der Waals surface area contributed by atoms with Crippen molar-refractivity contribution in [2.24, 2.45) is 0 Å². The monoisotopic (exact) mass is 472 g/mol. The molecule has 0 aliphatic heterocycles. The Morgan fingerprint density at radius 3 is 2.75 bits per heavy atom. The van der Waals surface area contributed by atoms with Crippen molar-refractivity contribution in [1.29, 1.82) is 0 Å². The molecule has 1 aliphatic carbocycles. The van der Waals surface area contributed by atoms with Crippen LogP contribution in [0.1, 0.15) is 32.3 Å². The average Bonchev–Trinajstić information content (AvgIpc) is 3.46. The zero-order valence-electron chi connectivity index (χ0n) is 18.1. The number of anilines is 1. The number of carbonyl (C=O) groups excluding carboxylic acids is 1. The van der Waals surface area contributed by atoms with Crippen LogP contribution in [0.5, 0.6) is 0 Å². The molecule has 168 valence electrons. The lowest BCUT2D eigenvalue weighted by atomic mass is 10.0. The summed E-state index contributed by atoms with van der Waals surface area (Å²) in [5.41, 5.74) is 2.83. The maximum Gasteiger partial charge on any atom is 0.315 e. The zero-order chi connectivity index (χ0) is 22.7. The molecule has 0 unspecified atom stereocenters. The Bertz CT molecular complexity index is 1120. The summed E-state index contributed by atoms with van der Waals surface area (Å²) in [7, 11) is 0. The number of hydrogen-bond acceptors (Lipinski definition) is 7. The van der Waals surface area contributed by atoms with Gasteiger partial charge in [0.1, 0.15) is 5.82 Å². The first-order chi connectivity index (χ1) is 15.4. The molecular weight excluding hydrogens is 447 g/mol. The van der Waals surface area contributed by atoms with E-state index in [-0.39, 0.29) is 30.5 Å². The van der Waals surface area contributed by atoms with Crippen LogP contribution in [0, 0.1) is 5.82 Å². The molecule has 0 bridgehead atoms. The third kappa shape index (κ3) is 5.74. The van der Waals surface area contributed by atoms with Gasteiger partial charge in [-0.3, -0.25) is 0 Å². The molecule has 2 amide bonds. The standard InChI is InChI=1S/C22H25FN6OS2/c1-12(2)26-21-25-11-19(32-21)18-9-17(28-22(29-18)31-3)16-7-4-14(23)8-13(16)10-24-20(30)27-15-5-6-15/h4,7-9,11-12,15H,5-6,10H2,1-3H3,(H,25,26)(H2,24,27,30). The Balaban J connectivity index is 1.64. The van der Waals surface area contributed by atoms with Crippen LogP contribution in [0.25, 0.3) is 21.8 Å². The molecule has 2 aromatic heterocycles. The van der Waals surface area contributed by atoms with Gasteiger partial charge < -0.3 is 16.0 Å². The predicted molar refractivity (Wildman–Crippen MR) is 127 cm³/mol. The lowest BCUT2D eigenvalue weighted by Crippen LogP contribution is -2.36. The maximum absolute atomic E-state index is 14.0. The number of rotatable bonds is 8. The van der Waals surface area contributed by atoms with Crippen molar-refractivity contribution in [1.82, 2.24) is 25.6 Å². The highest BCUT2D eigenvalue weighted by Crippen LogP contribution is 2.33. The fourth-order valence-electron chi connectivity index (χ4n) is 3.08. The van der Waals surface area contributed by atoms with E-state index < -0.39 is 0 Å². The largest absolute Gasteiger partial charge is 0.359 e. The van der Waals surface area contributed by atoms with E-state index in [2.05, 4.69) is 44.7 Å².